The van der Waals surface area contributed by atoms with Gasteiger partial charge in [0.15, 0.2) is 0 Å². The van der Waals surface area contributed by atoms with Gasteiger partial charge in [-0.05, 0) is 13.1 Å². The quantitative estimate of drug-likeness (QED) is 0.538. The minimum Gasteiger partial charge on any atom is -0.457 e. The first-order chi connectivity index (χ1) is 5.33. The summed E-state index contributed by atoms with van der Waals surface area (Å²) in [6.07, 6.45) is 0. The molecule has 0 unspecified atom stereocenters. The molecule has 1 aliphatic rings. The molecular weight excluding hydrogens is 140 g/mol. The van der Waals surface area contributed by atoms with Crippen molar-refractivity contribution in [3.05, 3.63) is 7.05 Å². The molecule has 0 saturated carbocycles. The van der Waals surface area contributed by atoms with Crippen LogP contribution in [0.15, 0.2) is 0 Å². The van der Waals surface area contributed by atoms with E-state index in [0.717, 1.165) is 39.3 Å². The van der Waals surface area contributed by atoms with Gasteiger partial charge in [-0.15, -0.1) is 0 Å². The molecule has 0 radical (unpaired) electrons. The number of hydrogen-bond acceptors (Lipinski definition) is 3. The lowest BCUT2D eigenvalue weighted by atomic mass is 10.3. The first-order valence-corrected chi connectivity index (χ1v) is 4.09. The first kappa shape index (κ1) is 8.97. The van der Waals surface area contributed by atoms with E-state index in [0.29, 0.717) is 0 Å². The van der Waals surface area contributed by atoms with E-state index in [2.05, 4.69) is 16.8 Å². The summed E-state index contributed by atoms with van der Waals surface area (Å²) >= 11 is 0. The Morgan fingerprint density at radius 3 is 2.45 bits per heavy atom. The van der Waals surface area contributed by atoms with Crippen LogP contribution < -0.4 is 0 Å². The van der Waals surface area contributed by atoms with Crippen LogP contribution in [0.2, 0.25) is 0 Å². The summed E-state index contributed by atoms with van der Waals surface area (Å²) in [5, 5.41) is 0. The van der Waals surface area contributed by atoms with Crippen LogP contribution in [0.1, 0.15) is 0 Å². The molecule has 0 aliphatic carbocycles. The molecule has 0 aromatic heterocycles. The normalized spacial score (nSPS) is 22.4. The smallest absolute Gasteiger partial charge is 0.0589 e. The van der Waals surface area contributed by atoms with E-state index in [9.17, 15) is 0 Å². The maximum atomic E-state index is 5.00. The molecule has 1 saturated heterocycles. The SMILES string of the molecule is [CH2-]N1CCN(CCOC)CC1. The van der Waals surface area contributed by atoms with Gasteiger partial charge in [-0.1, -0.05) is 0 Å². The molecule has 0 aromatic rings. The second-order valence-electron chi connectivity index (χ2n) is 2.95. The van der Waals surface area contributed by atoms with Crippen LogP contribution in [0.4, 0.5) is 0 Å². The van der Waals surface area contributed by atoms with Gasteiger partial charge in [-0.2, -0.15) is 0 Å². The Bertz CT molecular complexity index is 97.5. The Morgan fingerprint density at radius 1 is 1.27 bits per heavy atom. The van der Waals surface area contributed by atoms with Crippen molar-refractivity contribution in [2.24, 2.45) is 0 Å². The van der Waals surface area contributed by atoms with Crippen molar-refractivity contribution in [1.82, 2.24) is 9.80 Å². The number of methoxy groups -OCH3 is 1. The van der Waals surface area contributed by atoms with E-state index < -0.39 is 0 Å². The highest BCUT2D eigenvalue weighted by atomic mass is 16.5. The summed E-state index contributed by atoms with van der Waals surface area (Å²) in [6.45, 7) is 6.34. The van der Waals surface area contributed by atoms with Gasteiger partial charge >= 0.3 is 0 Å². The fourth-order valence-electron chi connectivity index (χ4n) is 1.23. The van der Waals surface area contributed by atoms with Crippen molar-refractivity contribution in [2.45, 2.75) is 0 Å². The molecule has 1 aliphatic heterocycles. The van der Waals surface area contributed by atoms with E-state index in [1.165, 1.54) is 0 Å². The van der Waals surface area contributed by atoms with Gasteiger partial charge < -0.3 is 9.64 Å². The van der Waals surface area contributed by atoms with Gasteiger partial charge in [0.1, 0.15) is 0 Å². The zero-order valence-corrected chi connectivity index (χ0v) is 7.25. The minimum atomic E-state index is 0.844. The summed E-state index contributed by atoms with van der Waals surface area (Å²) in [5.74, 6) is 0. The standard InChI is InChI=1S/C8H17N2O/c1-9-3-5-10(6-4-9)7-8-11-2/h1,3-8H2,2H3/q-1. The van der Waals surface area contributed by atoms with Crippen LogP contribution in [0.25, 0.3) is 0 Å². The summed E-state index contributed by atoms with van der Waals surface area (Å²) in [4.78, 5) is 4.52. The number of piperazine rings is 1. The van der Waals surface area contributed by atoms with Crippen LogP contribution in [0.5, 0.6) is 0 Å². The average molecular weight is 157 g/mol. The molecule has 0 aromatic carbocycles. The van der Waals surface area contributed by atoms with Gasteiger partial charge in [-0.25, -0.2) is 0 Å². The summed E-state index contributed by atoms with van der Waals surface area (Å²) in [5.41, 5.74) is 0. The lowest BCUT2D eigenvalue weighted by molar-refractivity contribution is 0.114. The molecule has 0 bridgehead atoms. The largest absolute Gasteiger partial charge is 0.457 e. The van der Waals surface area contributed by atoms with Gasteiger partial charge in [0.2, 0.25) is 0 Å². The molecular formula is C8H17N2O-. The summed E-state index contributed by atoms with van der Waals surface area (Å²) in [6, 6.07) is 0. The van der Waals surface area contributed by atoms with Crippen molar-refractivity contribution in [3.8, 4) is 0 Å². The molecule has 1 heterocycles. The van der Waals surface area contributed by atoms with Crippen molar-refractivity contribution in [1.29, 1.82) is 0 Å². The van der Waals surface area contributed by atoms with Gasteiger partial charge in [0, 0.05) is 26.7 Å². The molecule has 0 atom stereocenters. The molecule has 3 nitrogen and oxygen atoms in total. The number of ether oxygens (including phenoxy) is 1. The van der Waals surface area contributed by atoms with Crippen molar-refractivity contribution < 1.29 is 4.74 Å². The molecule has 0 spiro atoms. The van der Waals surface area contributed by atoms with Crippen LogP contribution >= 0.6 is 0 Å². The number of rotatable bonds is 3. The third-order valence-corrected chi connectivity index (χ3v) is 2.08. The van der Waals surface area contributed by atoms with Crippen LogP contribution in [-0.2, 0) is 4.74 Å². The van der Waals surface area contributed by atoms with Crippen LogP contribution in [-0.4, -0.2) is 56.2 Å². The molecule has 1 fully saturated rings. The predicted molar refractivity (Wildman–Crippen MR) is 45.2 cm³/mol. The topological polar surface area (TPSA) is 15.7 Å². The second kappa shape index (κ2) is 4.70. The lowest BCUT2D eigenvalue weighted by Gasteiger charge is -2.36. The Kier molecular flexibility index (Phi) is 3.83. The average Bonchev–Trinajstić information content (AvgIpc) is 2.04. The Labute approximate surface area is 68.9 Å². The third-order valence-electron chi connectivity index (χ3n) is 2.08. The van der Waals surface area contributed by atoms with Crippen LogP contribution in [0.3, 0.4) is 0 Å². The minimum absolute atomic E-state index is 0.844. The lowest BCUT2D eigenvalue weighted by Crippen LogP contribution is -2.44. The maximum Gasteiger partial charge on any atom is 0.0589 e. The van der Waals surface area contributed by atoms with Crippen LogP contribution in [0, 0.1) is 7.05 Å². The molecule has 0 N–H and O–H groups in total. The van der Waals surface area contributed by atoms with Crippen molar-refractivity contribution in [3.63, 3.8) is 0 Å². The Morgan fingerprint density at radius 2 is 1.91 bits per heavy atom. The predicted octanol–water partition coefficient (Wildman–Crippen LogP) is 0.0420. The van der Waals surface area contributed by atoms with Gasteiger partial charge in [0.25, 0.3) is 0 Å². The monoisotopic (exact) mass is 157 g/mol. The summed E-state index contributed by atoms with van der Waals surface area (Å²) in [7, 11) is 5.64. The maximum absolute atomic E-state index is 5.00. The van der Waals surface area contributed by atoms with Crippen molar-refractivity contribution >= 4 is 0 Å². The molecule has 3 heteroatoms. The first-order valence-electron chi connectivity index (χ1n) is 4.09. The van der Waals surface area contributed by atoms with Gasteiger partial charge in [0.05, 0.1) is 6.61 Å². The molecule has 66 valence electrons. The Balaban J connectivity index is 2.07. The van der Waals surface area contributed by atoms with E-state index >= 15 is 0 Å². The zero-order valence-electron chi connectivity index (χ0n) is 7.25. The van der Waals surface area contributed by atoms with E-state index in [4.69, 9.17) is 4.74 Å². The highest BCUT2D eigenvalue weighted by Gasteiger charge is 2.09. The zero-order chi connectivity index (χ0) is 8.10. The van der Waals surface area contributed by atoms with E-state index in [1.807, 2.05) is 0 Å². The third kappa shape index (κ3) is 3.18. The fourth-order valence-corrected chi connectivity index (χ4v) is 1.23. The highest BCUT2D eigenvalue weighted by molar-refractivity contribution is 4.70. The molecule has 1 rings (SSSR count). The molecule has 0 amide bonds. The van der Waals surface area contributed by atoms with Gasteiger partial charge in [-0.3, -0.25) is 11.9 Å². The van der Waals surface area contributed by atoms with E-state index in [1.54, 1.807) is 7.11 Å². The molecule has 11 heavy (non-hydrogen) atoms. The summed E-state index contributed by atoms with van der Waals surface area (Å²) < 4.78 is 5.00. The van der Waals surface area contributed by atoms with Crippen molar-refractivity contribution in [2.75, 3.05) is 46.4 Å². The number of nitrogens with zero attached hydrogens (tertiary/aromatic N) is 2. The number of hydrogen-bond donors (Lipinski definition) is 0. The fraction of sp³-hybridized carbons (Fsp3) is 0.875. The second-order valence-corrected chi connectivity index (χ2v) is 2.95. The Hall–Kier alpha value is -0.120. The highest BCUT2D eigenvalue weighted by Crippen LogP contribution is 1.98. The van der Waals surface area contributed by atoms with E-state index in [-0.39, 0.29) is 0 Å².